The summed E-state index contributed by atoms with van der Waals surface area (Å²) in [6, 6.07) is 2.64. The molecule has 0 spiro atoms. The van der Waals surface area contributed by atoms with E-state index in [1.165, 1.54) is 0 Å². The predicted molar refractivity (Wildman–Crippen MR) is 109 cm³/mol. The zero-order chi connectivity index (χ0) is 21.1. The zero-order valence-corrected chi connectivity index (χ0v) is 19.1. The Bertz CT molecular complexity index is 922. The topological polar surface area (TPSA) is 79.7 Å². The summed E-state index contributed by atoms with van der Waals surface area (Å²) in [5, 5.41) is 0. The van der Waals surface area contributed by atoms with Gasteiger partial charge in [0.15, 0.2) is 11.6 Å². The SMILES string of the molecule is CC(C)Oc1c(F)cnc2cc(COS(C)(=O)=O)n(COCC[Si](C)(C)C)c12. The van der Waals surface area contributed by atoms with Gasteiger partial charge in [-0.2, -0.15) is 8.42 Å². The molecule has 158 valence electrons. The molecule has 0 radical (unpaired) electrons. The molecule has 0 aliphatic rings. The van der Waals surface area contributed by atoms with Gasteiger partial charge in [0.2, 0.25) is 0 Å². The molecule has 0 amide bonds. The van der Waals surface area contributed by atoms with Gasteiger partial charge in [0.1, 0.15) is 18.9 Å². The number of hydrogen-bond donors (Lipinski definition) is 0. The third kappa shape index (κ3) is 6.54. The minimum absolute atomic E-state index is 0.0689. The quantitative estimate of drug-likeness (QED) is 0.323. The van der Waals surface area contributed by atoms with Gasteiger partial charge in [-0.05, 0) is 26.0 Å². The second-order valence-electron chi connectivity index (χ2n) is 8.21. The molecule has 2 rings (SSSR count). The lowest BCUT2D eigenvalue weighted by Crippen LogP contribution is -2.22. The second-order valence-corrected chi connectivity index (χ2v) is 15.5. The molecule has 0 unspecified atom stereocenters. The van der Waals surface area contributed by atoms with Gasteiger partial charge in [0.05, 0.1) is 29.8 Å². The lowest BCUT2D eigenvalue weighted by atomic mass is 10.3. The van der Waals surface area contributed by atoms with Gasteiger partial charge in [-0.25, -0.2) is 4.39 Å². The second kappa shape index (κ2) is 8.89. The maximum atomic E-state index is 14.4. The molecule has 0 atom stereocenters. The normalized spacial score (nSPS) is 12.9. The van der Waals surface area contributed by atoms with Gasteiger partial charge in [-0.15, -0.1) is 0 Å². The Hall–Kier alpha value is -1.49. The Balaban J connectivity index is 2.42. The number of fused-ring (bicyclic) bond motifs is 1. The molecular weight excluding hydrogens is 403 g/mol. The predicted octanol–water partition coefficient (Wildman–Crippen LogP) is 3.75. The smallest absolute Gasteiger partial charge is 0.264 e. The molecule has 10 heteroatoms. The standard InChI is InChI=1S/C18H29FN2O5SSi/c1-13(2)26-18-15(19)10-20-16-9-14(11-25-27(3,22)23)21(17(16)18)12-24-7-8-28(4,5)6/h9-10,13H,7-8,11-12H2,1-6H3. The molecule has 0 aliphatic heterocycles. The van der Waals surface area contributed by atoms with E-state index in [0.29, 0.717) is 23.3 Å². The Kier molecular flexibility index (Phi) is 7.24. The highest BCUT2D eigenvalue weighted by atomic mass is 32.2. The third-order valence-electron chi connectivity index (χ3n) is 3.90. The molecule has 0 aliphatic carbocycles. The lowest BCUT2D eigenvalue weighted by molar-refractivity contribution is 0.0856. The monoisotopic (exact) mass is 432 g/mol. The average molecular weight is 433 g/mol. The van der Waals surface area contributed by atoms with Crippen LogP contribution in [0.25, 0.3) is 11.0 Å². The van der Waals surface area contributed by atoms with E-state index in [4.69, 9.17) is 13.7 Å². The van der Waals surface area contributed by atoms with Crippen molar-refractivity contribution in [3.05, 3.63) is 23.8 Å². The summed E-state index contributed by atoms with van der Waals surface area (Å²) >= 11 is 0. The summed E-state index contributed by atoms with van der Waals surface area (Å²) in [5.41, 5.74) is 1.42. The highest BCUT2D eigenvalue weighted by Gasteiger charge is 2.21. The molecule has 0 bridgehead atoms. The van der Waals surface area contributed by atoms with Crippen LogP contribution in [0.15, 0.2) is 12.3 Å². The third-order valence-corrected chi connectivity index (χ3v) is 6.15. The average Bonchev–Trinajstić information content (AvgIpc) is 2.88. The first kappa shape index (κ1) is 22.8. The Morgan fingerprint density at radius 1 is 1.29 bits per heavy atom. The molecule has 2 aromatic rings. The first-order valence-corrected chi connectivity index (χ1v) is 14.6. The number of nitrogens with zero attached hydrogens (tertiary/aromatic N) is 2. The van der Waals surface area contributed by atoms with Crippen molar-refractivity contribution >= 4 is 29.2 Å². The first-order valence-electron chi connectivity index (χ1n) is 9.13. The van der Waals surface area contributed by atoms with E-state index in [-0.39, 0.29) is 25.2 Å². The summed E-state index contributed by atoms with van der Waals surface area (Å²) in [6.07, 6.45) is 1.83. The minimum Gasteiger partial charge on any atom is -0.486 e. The van der Waals surface area contributed by atoms with E-state index >= 15 is 0 Å². The summed E-state index contributed by atoms with van der Waals surface area (Å²) in [4.78, 5) is 4.11. The van der Waals surface area contributed by atoms with Crippen molar-refractivity contribution in [1.82, 2.24) is 9.55 Å². The number of ether oxygens (including phenoxy) is 2. The van der Waals surface area contributed by atoms with Crippen LogP contribution >= 0.6 is 0 Å². The number of pyridine rings is 1. The van der Waals surface area contributed by atoms with Gasteiger partial charge in [-0.1, -0.05) is 19.6 Å². The van der Waals surface area contributed by atoms with Crippen molar-refractivity contribution in [2.45, 2.75) is 59.0 Å². The van der Waals surface area contributed by atoms with Crippen LogP contribution in [0.3, 0.4) is 0 Å². The molecule has 2 heterocycles. The molecule has 28 heavy (non-hydrogen) atoms. The van der Waals surface area contributed by atoms with E-state index < -0.39 is 24.0 Å². The number of rotatable bonds is 10. The van der Waals surface area contributed by atoms with Crippen LogP contribution in [0.1, 0.15) is 19.5 Å². The van der Waals surface area contributed by atoms with E-state index in [9.17, 15) is 12.8 Å². The molecular formula is C18H29FN2O5SSi. The van der Waals surface area contributed by atoms with Gasteiger partial charge in [-0.3, -0.25) is 9.17 Å². The van der Waals surface area contributed by atoms with Crippen LogP contribution in [0.5, 0.6) is 5.75 Å². The highest BCUT2D eigenvalue weighted by Crippen LogP contribution is 2.31. The maximum Gasteiger partial charge on any atom is 0.264 e. The van der Waals surface area contributed by atoms with Crippen LogP contribution in [0.4, 0.5) is 4.39 Å². The molecule has 0 saturated heterocycles. The van der Waals surface area contributed by atoms with Gasteiger partial charge in [0, 0.05) is 14.7 Å². The van der Waals surface area contributed by atoms with Crippen LogP contribution < -0.4 is 4.74 Å². The van der Waals surface area contributed by atoms with Crippen LogP contribution in [0.2, 0.25) is 25.7 Å². The first-order chi connectivity index (χ1) is 12.9. The molecule has 0 fully saturated rings. The number of aromatic nitrogens is 2. The van der Waals surface area contributed by atoms with E-state index in [1.54, 1.807) is 24.5 Å². The summed E-state index contributed by atoms with van der Waals surface area (Å²) in [6.45, 7) is 10.8. The molecule has 7 nitrogen and oxygen atoms in total. The Labute approximate surface area is 166 Å². The molecule has 0 saturated carbocycles. The zero-order valence-electron chi connectivity index (χ0n) is 17.3. The molecule has 2 aromatic heterocycles. The summed E-state index contributed by atoms with van der Waals surface area (Å²) in [5.74, 6) is -0.516. The van der Waals surface area contributed by atoms with Crippen LogP contribution in [-0.2, 0) is 32.4 Å². The highest BCUT2D eigenvalue weighted by molar-refractivity contribution is 7.85. The fourth-order valence-corrected chi connectivity index (χ4v) is 3.63. The van der Waals surface area contributed by atoms with Crippen molar-refractivity contribution in [2.24, 2.45) is 0 Å². The maximum absolute atomic E-state index is 14.4. The van der Waals surface area contributed by atoms with E-state index in [0.717, 1.165) is 18.5 Å². The van der Waals surface area contributed by atoms with Crippen molar-refractivity contribution in [2.75, 3.05) is 12.9 Å². The largest absolute Gasteiger partial charge is 0.486 e. The van der Waals surface area contributed by atoms with Crippen molar-refractivity contribution in [3.63, 3.8) is 0 Å². The Morgan fingerprint density at radius 3 is 2.54 bits per heavy atom. The van der Waals surface area contributed by atoms with Crippen LogP contribution in [0, 0.1) is 5.82 Å². The number of hydrogen-bond acceptors (Lipinski definition) is 6. The number of halogens is 1. The summed E-state index contributed by atoms with van der Waals surface area (Å²) < 4.78 is 55.3. The van der Waals surface area contributed by atoms with Gasteiger partial charge < -0.3 is 14.0 Å². The minimum atomic E-state index is -3.63. The van der Waals surface area contributed by atoms with Crippen molar-refractivity contribution in [1.29, 1.82) is 0 Å². The van der Waals surface area contributed by atoms with E-state index in [2.05, 4.69) is 24.6 Å². The van der Waals surface area contributed by atoms with Gasteiger partial charge in [0.25, 0.3) is 10.1 Å². The summed E-state index contributed by atoms with van der Waals surface area (Å²) in [7, 11) is -4.90. The lowest BCUT2D eigenvalue weighted by Gasteiger charge is -2.18. The Morgan fingerprint density at radius 2 is 1.96 bits per heavy atom. The molecule has 0 N–H and O–H groups in total. The van der Waals surface area contributed by atoms with Crippen molar-refractivity contribution < 1.29 is 26.5 Å². The van der Waals surface area contributed by atoms with Crippen LogP contribution in [-0.4, -0.2) is 45.0 Å². The molecule has 0 aromatic carbocycles. The van der Waals surface area contributed by atoms with Gasteiger partial charge >= 0.3 is 0 Å². The fraction of sp³-hybridized carbons (Fsp3) is 0.611. The van der Waals surface area contributed by atoms with Crippen molar-refractivity contribution in [3.8, 4) is 5.75 Å². The fourth-order valence-electron chi connectivity index (χ4n) is 2.54. The van der Waals surface area contributed by atoms with E-state index in [1.807, 2.05) is 0 Å².